The summed E-state index contributed by atoms with van der Waals surface area (Å²) in [7, 11) is -4.63. The van der Waals surface area contributed by atoms with Gasteiger partial charge in [-0.05, 0) is 12.8 Å². The van der Waals surface area contributed by atoms with Crippen LogP contribution in [-0.2, 0) is 23.4 Å². The predicted molar refractivity (Wildman–Crippen MR) is 161 cm³/mol. The van der Waals surface area contributed by atoms with Crippen LogP contribution in [0.5, 0.6) is 0 Å². The van der Waals surface area contributed by atoms with Gasteiger partial charge in [-0.25, -0.2) is 4.57 Å². The van der Waals surface area contributed by atoms with Gasteiger partial charge in [0.1, 0.15) is 6.10 Å². The standard InChI is InChI=1S/C31H63O7P/c1-3-5-7-9-11-13-14-15-16-17-19-21-23-25-27-36-28-30(29-37-39(33,34)35)38-31(32)26-24-22-20-18-12-10-8-6-4-2/h30H,3-29H2,1-2H3,(H2,33,34,35). The second kappa shape index (κ2) is 29.0. The SMILES string of the molecule is CCCCCCCCCCCCCCCCOCC(COP(=O)(O)O)OC(=O)CCCCCCCCCCC. The molecule has 0 fully saturated rings. The van der Waals surface area contributed by atoms with Crippen molar-refractivity contribution in [1.29, 1.82) is 0 Å². The summed E-state index contributed by atoms with van der Waals surface area (Å²) in [5, 5.41) is 0. The zero-order valence-corrected chi connectivity index (χ0v) is 26.4. The van der Waals surface area contributed by atoms with Gasteiger partial charge >= 0.3 is 13.8 Å². The molecule has 0 aromatic heterocycles. The fourth-order valence-corrected chi connectivity index (χ4v) is 5.10. The molecule has 0 bridgehead atoms. The lowest BCUT2D eigenvalue weighted by molar-refractivity contribution is -0.154. The van der Waals surface area contributed by atoms with Crippen molar-refractivity contribution in [3.63, 3.8) is 0 Å². The molecule has 1 unspecified atom stereocenters. The molecule has 7 nitrogen and oxygen atoms in total. The zero-order valence-electron chi connectivity index (χ0n) is 25.6. The van der Waals surface area contributed by atoms with Crippen LogP contribution >= 0.6 is 7.82 Å². The molecule has 0 aromatic carbocycles. The van der Waals surface area contributed by atoms with Crippen molar-refractivity contribution in [2.24, 2.45) is 0 Å². The summed E-state index contributed by atoms with van der Waals surface area (Å²) in [5.74, 6) is -0.364. The Bertz CT molecular complexity index is 567. The van der Waals surface area contributed by atoms with Crippen LogP contribution in [0.4, 0.5) is 0 Å². The summed E-state index contributed by atoms with van der Waals surface area (Å²) >= 11 is 0. The van der Waals surface area contributed by atoms with Crippen LogP contribution < -0.4 is 0 Å². The highest BCUT2D eigenvalue weighted by Crippen LogP contribution is 2.35. The van der Waals surface area contributed by atoms with Crippen molar-refractivity contribution in [1.82, 2.24) is 0 Å². The van der Waals surface area contributed by atoms with Crippen LogP contribution in [0.25, 0.3) is 0 Å². The molecule has 39 heavy (non-hydrogen) atoms. The zero-order chi connectivity index (χ0) is 28.9. The van der Waals surface area contributed by atoms with Crippen LogP contribution in [0.1, 0.15) is 168 Å². The number of rotatable bonds is 31. The lowest BCUT2D eigenvalue weighted by Gasteiger charge is -2.18. The molecule has 0 saturated heterocycles. The fourth-order valence-electron chi connectivity index (χ4n) is 4.73. The van der Waals surface area contributed by atoms with Gasteiger partial charge in [0, 0.05) is 13.0 Å². The highest BCUT2D eigenvalue weighted by atomic mass is 31.2. The van der Waals surface area contributed by atoms with E-state index in [2.05, 4.69) is 18.4 Å². The van der Waals surface area contributed by atoms with E-state index in [1.807, 2.05) is 0 Å². The van der Waals surface area contributed by atoms with Crippen molar-refractivity contribution in [2.75, 3.05) is 19.8 Å². The van der Waals surface area contributed by atoms with E-state index in [1.54, 1.807) is 0 Å². The highest BCUT2D eigenvalue weighted by molar-refractivity contribution is 7.46. The molecule has 0 radical (unpaired) electrons. The van der Waals surface area contributed by atoms with Gasteiger partial charge < -0.3 is 19.3 Å². The average Bonchev–Trinajstić information content (AvgIpc) is 2.90. The Balaban J connectivity index is 3.82. The first kappa shape index (κ1) is 38.5. The summed E-state index contributed by atoms with van der Waals surface area (Å²) in [6.07, 6.45) is 28.1. The molecule has 2 N–H and O–H groups in total. The smallest absolute Gasteiger partial charge is 0.457 e. The third-order valence-electron chi connectivity index (χ3n) is 7.16. The van der Waals surface area contributed by atoms with Crippen molar-refractivity contribution in [2.45, 2.75) is 174 Å². The van der Waals surface area contributed by atoms with E-state index >= 15 is 0 Å². The molecule has 0 aliphatic carbocycles. The summed E-state index contributed by atoms with van der Waals surface area (Å²) in [6, 6.07) is 0. The monoisotopic (exact) mass is 578 g/mol. The summed E-state index contributed by atoms with van der Waals surface area (Å²) in [6.45, 7) is 4.74. The largest absolute Gasteiger partial charge is 0.469 e. The first-order chi connectivity index (χ1) is 18.9. The van der Waals surface area contributed by atoms with E-state index in [-0.39, 0.29) is 19.2 Å². The molecule has 0 rings (SSSR count). The molecule has 0 aliphatic rings. The molecule has 0 amide bonds. The minimum Gasteiger partial charge on any atom is -0.457 e. The van der Waals surface area contributed by atoms with Gasteiger partial charge in [-0.15, -0.1) is 0 Å². The van der Waals surface area contributed by atoms with E-state index in [4.69, 9.17) is 19.3 Å². The maximum Gasteiger partial charge on any atom is 0.469 e. The first-order valence-electron chi connectivity index (χ1n) is 16.4. The molecular formula is C31H63O7P. The van der Waals surface area contributed by atoms with Gasteiger partial charge in [0.2, 0.25) is 0 Å². The minimum absolute atomic E-state index is 0.0853. The van der Waals surface area contributed by atoms with Crippen molar-refractivity contribution >= 4 is 13.8 Å². The van der Waals surface area contributed by atoms with Crippen molar-refractivity contribution in [3.05, 3.63) is 0 Å². The molecule has 0 aromatic rings. The van der Waals surface area contributed by atoms with Gasteiger partial charge in [0.25, 0.3) is 0 Å². The van der Waals surface area contributed by atoms with Gasteiger partial charge in [-0.2, -0.15) is 0 Å². The quantitative estimate of drug-likeness (QED) is 0.0480. The number of esters is 1. The molecule has 0 heterocycles. The van der Waals surface area contributed by atoms with Crippen molar-refractivity contribution < 1.29 is 33.1 Å². The van der Waals surface area contributed by atoms with E-state index in [1.165, 1.54) is 116 Å². The minimum atomic E-state index is -4.63. The van der Waals surface area contributed by atoms with Gasteiger partial charge in [-0.1, -0.05) is 149 Å². The van der Waals surface area contributed by atoms with Crippen LogP contribution in [0.2, 0.25) is 0 Å². The fraction of sp³-hybridized carbons (Fsp3) is 0.968. The van der Waals surface area contributed by atoms with E-state index in [9.17, 15) is 9.36 Å². The highest BCUT2D eigenvalue weighted by Gasteiger charge is 2.21. The Labute approximate surface area is 240 Å². The third kappa shape index (κ3) is 31.9. The Hall–Kier alpha value is -0.460. The molecule has 0 saturated carbocycles. The van der Waals surface area contributed by atoms with Crippen LogP contribution in [0, 0.1) is 0 Å². The van der Waals surface area contributed by atoms with Gasteiger partial charge in [-0.3, -0.25) is 9.32 Å². The number of carbonyl (C=O) groups excluding carboxylic acids is 1. The number of hydrogen-bond donors (Lipinski definition) is 2. The number of ether oxygens (including phenoxy) is 2. The van der Waals surface area contributed by atoms with Crippen LogP contribution in [0.3, 0.4) is 0 Å². The van der Waals surface area contributed by atoms with E-state index in [0.29, 0.717) is 13.0 Å². The second-order valence-electron chi connectivity index (χ2n) is 11.1. The number of phosphoric acid groups is 1. The number of carbonyl (C=O) groups is 1. The van der Waals surface area contributed by atoms with Crippen LogP contribution in [-0.4, -0.2) is 41.7 Å². The molecule has 8 heteroatoms. The number of phosphoric ester groups is 1. The average molecular weight is 579 g/mol. The maximum absolute atomic E-state index is 12.2. The maximum atomic E-state index is 12.2. The normalized spacial score (nSPS) is 12.6. The first-order valence-corrected chi connectivity index (χ1v) is 17.9. The Morgan fingerprint density at radius 2 is 0.974 bits per heavy atom. The Kier molecular flexibility index (Phi) is 28.7. The lowest BCUT2D eigenvalue weighted by Crippen LogP contribution is -2.28. The van der Waals surface area contributed by atoms with Gasteiger partial charge in [0.05, 0.1) is 13.2 Å². The Morgan fingerprint density at radius 1 is 0.590 bits per heavy atom. The summed E-state index contributed by atoms with van der Waals surface area (Å²) in [4.78, 5) is 30.3. The predicted octanol–water partition coefficient (Wildman–Crippen LogP) is 9.43. The number of hydrogen-bond acceptors (Lipinski definition) is 5. The molecule has 0 spiro atoms. The van der Waals surface area contributed by atoms with Gasteiger partial charge in [0.15, 0.2) is 0 Å². The van der Waals surface area contributed by atoms with Crippen LogP contribution in [0.15, 0.2) is 0 Å². The third-order valence-corrected chi connectivity index (χ3v) is 7.64. The molecular weight excluding hydrogens is 515 g/mol. The van der Waals surface area contributed by atoms with E-state index in [0.717, 1.165) is 32.1 Å². The molecule has 0 aliphatic heterocycles. The van der Waals surface area contributed by atoms with E-state index < -0.39 is 13.9 Å². The lowest BCUT2D eigenvalue weighted by atomic mass is 10.0. The second-order valence-corrected chi connectivity index (χ2v) is 12.4. The summed E-state index contributed by atoms with van der Waals surface area (Å²) in [5.41, 5.74) is 0. The Morgan fingerprint density at radius 3 is 1.38 bits per heavy atom. The molecule has 234 valence electrons. The topological polar surface area (TPSA) is 102 Å². The molecule has 1 atom stereocenters. The number of unbranched alkanes of at least 4 members (excludes halogenated alkanes) is 21. The van der Waals surface area contributed by atoms with Crippen molar-refractivity contribution in [3.8, 4) is 0 Å². The summed E-state index contributed by atoms with van der Waals surface area (Å²) < 4.78 is 26.7.